The number of benzene rings is 2. The Bertz CT molecular complexity index is 702. The van der Waals surface area contributed by atoms with Crippen LogP contribution in [-0.4, -0.2) is 18.4 Å². The molecule has 0 aliphatic heterocycles. The van der Waals surface area contributed by atoms with Crippen LogP contribution in [0.3, 0.4) is 0 Å². The molecular formula is C15H11BrF2N2O2. The first-order valence-corrected chi connectivity index (χ1v) is 7.05. The molecule has 22 heavy (non-hydrogen) atoms. The maximum absolute atomic E-state index is 13.4. The van der Waals surface area contributed by atoms with Crippen molar-refractivity contribution in [2.45, 2.75) is 0 Å². The van der Waals surface area contributed by atoms with Crippen molar-refractivity contribution in [2.75, 3.05) is 11.9 Å². The molecule has 0 fully saturated rings. The van der Waals surface area contributed by atoms with Crippen molar-refractivity contribution < 1.29 is 18.4 Å². The highest BCUT2D eigenvalue weighted by molar-refractivity contribution is 9.10. The minimum atomic E-state index is -0.884. The Morgan fingerprint density at radius 3 is 2.27 bits per heavy atom. The van der Waals surface area contributed by atoms with Crippen molar-refractivity contribution in [1.29, 1.82) is 0 Å². The number of amides is 2. The van der Waals surface area contributed by atoms with E-state index in [1.807, 2.05) is 0 Å². The summed E-state index contributed by atoms with van der Waals surface area (Å²) in [5, 5.41) is 4.46. The van der Waals surface area contributed by atoms with Gasteiger partial charge in [0.1, 0.15) is 17.3 Å². The quantitative estimate of drug-likeness (QED) is 0.870. The molecule has 0 saturated carbocycles. The number of para-hydroxylation sites is 1. The number of carbonyl (C=O) groups is 2. The van der Waals surface area contributed by atoms with E-state index in [0.29, 0.717) is 10.0 Å². The molecule has 0 radical (unpaired) electrons. The lowest BCUT2D eigenvalue weighted by atomic mass is 10.2. The van der Waals surface area contributed by atoms with Gasteiger partial charge in [0.05, 0.1) is 12.1 Å². The van der Waals surface area contributed by atoms with Crippen molar-refractivity contribution in [3.63, 3.8) is 0 Å². The molecular weight excluding hydrogens is 358 g/mol. The Morgan fingerprint density at radius 1 is 1.00 bits per heavy atom. The van der Waals surface area contributed by atoms with Crippen molar-refractivity contribution >= 4 is 33.4 Å². The van der Waals surface area contributed by atoms with Crippen LogP contribution in [0.1, 0.15) is 10.4 Å². The SMILES string of the molecule is O=C(CNC(=O)c1ccccc1Br)Nc1c(F)cccc1F. The van der Waals surface area contributed by atoms with Crippen molar-refractivity contribution in [1.82, 2.24) is 5.32 Å². The number of carbonyl (C=O) groups excluding carboxylic acids is 2. The Labute approximate surface area is 133 Å². The van der Waals surface area contributed by atoms with Crippen LogP contribution in [0.15, 0.2) is 46.9 Å². The van der Waals surface area contributed by atoms with Gasteiger partial charge in [0.25, 0.3) is 5.91 Å². The third-order valence-corrected chi connectivity index (χ3v) is 3.45. The fourth-order valence-electron chi connectivity index (χ4n) is 1.70. The zero-order valence-electron chi connectivity index (χ0n) is 11.2. The summed E-state index contributed by atoms with van der Waals surface area (Å²) in [6.45, 7) is -0.409. The van der Waals surface area contributed by atoms with Crippen LogP contribution < -0.4 is 10.6 Å². The topological polar surface area (TPSA) is 58.2 Å². The zero-order valence-corrected chi connectivity index (χ0v) is 12.8. The van der Waals surface area contributed by atoms with E-state index < -0.39 is 35.7 Å². The largest absolute Gasteiger partial charge is 0.343 e. The molecule has 4 nitrogen and oxygen atoms in total. The normalized spacial score (nSPS) is 10.1. The van der Waals surface area contributed by atoms with Gasteiger partial charge in [-0.25, -0.2) is 8.78 Å². The van der Waals surface area contributed by atoms with Gasteiger partial charge in [0.15, 0.2) is 0 Å². The summed E-state index contributed by atoms with van der Waals surface area (Å²) in [4.78, 5) is 23.6. The summed E-state index contributed by atoms with van der Waals surface area (Å²) in [6.07, 6.45) is 0. The molecule has 0 aliphatic rings. The van der Waals surface area contributed by atoms with Gasteiger partial charge in [-0.1, -0.05) is 18.2 Å². The van der Waals surface area contributed by atoms with Gasteiger partial charge in [-0.05, 0) is 40.2 Å². The highest BCUT2D eigenvalue weighted by Gasteiger charge is 2.14. The molecule has 2 aromatic rings. The maximum Gasteiger partial charge on any atom is 0.252 e. The van der Waals surface area contributed by atoms with E-state index in [0.717, 1.165) is 12.1 Å². The minimum absolute atomic E-state index is 0.354. The number of anilines is 1. The molecule has 0 aliphatic carbocycles. The second-order valence-electron chi connectivity index (χ2n) is 4.31. The Balaban J connectivity index is 1.96. The lowest BCUT2D eigenvalue weighted by molar-refractivity contribution is -0.115. The molecule has 0 saturated heterocycles. The number of halogens is 3. The number of nitrogens with one attached hydrogen (secondary N) is 2. The highest BCUT2D eigenvalue weighted by Crippen LogP contribution is 2.18. The molecule has 2 rings (SSSR count). The van der Waals surface area contributed by atoms with E-state index in [4.69, 9.17) is 0 Å². The molecule has 0 heterocycles. The van der Waals surface area contributed by atoms with E-state index in [-0.39, 0.29) is 0 Å². The second kappa shape index (κ2) is 7.13. The van der Waals surface area contributed by atoms with Crippen molar-refractivity contribution in [2.24, 2.45) is 0 Å². The van der Waals surface area contributed by atoms with E-state index >= 15 is 0 Å². The predicted octanol–water partition coefficient (Wildman–Crippen LogP) is 3.10. The van der Waals surface area contributed by atoms with Crippen LogP contribution in [0.4, 0.5) is 14.5 Å². The number of hydrogen-bond acceptors (Lipinski definition) is 2. The van der Waals surface area contributed by atoms with E-state index in [1.165, 1.54) is 6.07 Å². The number of rotatable bonds is 4. The second-order valence-corrected chi connectivity index (χ2v) is 5.16. The average Bonchev–Trinajstić information content (AvgIpc) is 2.49. The summed E-state index contributed by atoms with van der Waals surface area (Å²) in [6, 6.07) is 9.92. The zero-order chi connectivity index (χ0) is 16.1. The van der Waals surface area contributed by atoms with Crippen LogP contribution in [0.2, 0.25) is 0 Å². The fourth-order valence-corrected chi connectivity index (χ4v) is 2.17. The van der Waals surface area contributed by atoms with Gasteiger partial charge in [-0.3, -0.25) is 9.59 Å². The summed E-state index contributed by atoms with van der Waals surface area (Å²) in [7, 11) is 0. The summed E-state index contributed by atoms with van der Waals surface area (Å²) < 4.78 is 27.3. The molecule has 114 valence electrons. The van der Waals surface area contributed by atoms with Crippen LogP contribution in [0, 0.1) is 11.6 Å². The van der Waals surface area contributed by atoms with Crippen LogP contribution in [-0.2, 0) is 4.79 Å². The fraction of sp³-hybridized carbons (Fsp3) is 0.0667. The Hall–Kier alpha value is -2.28. The van der Waals surface area contributed by atoms with Crippen molar-refractivity contribution in [3.8, 4) is 0 Å². The summed E-state index contributed by atoms with van der Waals surface area (Å²) in [5.74, 6) is -2.98. The van der Waals surface area contributed by atoms with E-state index in [9.17, 15) is 18.4 Å². The summed E-state index contributed by atoms with van der Waals surface area (Å²) >= 11 is 3.22. The average molecular weight is 369 g/mol. The third kappa shape index (κ3) is 3.88. The van der Waals surface area contributed by atoms with Gasteiger partial charge in [0, 0.05) is 4.47 Å². The summed E-state index contributed by atoms with van der Waals surface area (Å²) in [5.41, 5.74) is -0.185. The first kappa shape index (κ1) is 16.1. The molecule has 7 heteroatoms. The lowest BCUT2D eigenvalue weighted by Crippen LogP contribution is -2.33. The molecule has 0 aromatic heterocycles. The molecule has 2 aromatic carbocycles. The van der Waals surface area contributed by atoms with Crippen LogP contribution >= 0.6 is 15.9 Å². The van der Waals surface area contributed by atoms with E-state index in [2.05, 4.69) is 26.6 Å². The van der Waals surface area contributed by atoms with Gasteiger partial charge < -0.3 is 10.6 Å². The van der Waals surface area contributed by atoms with Crippen LogP contribution in [0.25, 0.3) is 0 Å². The maximum atomic E-state index is 13.4. The van der Waals surface area contributed by atoms with Crippen molar-refractivity contribution in [3.05, 3.63) is 64.1 Å². The monoisotopic (exact) mass is 368 g/mol. The Morgan fingerprint density at radius 2 is 1.64 bits per heavy atom. The first-order chi connectivity index (χ1) is 10.5. The molecule has 2 amide bonds. The van der Waals surface area contributed by atoms with Gasteiger partial charge >= 0.3 is 0 Å². The minimum Gasteiger partial charge on any atom is -0.343 e. The predicted molar refractivity (Wildman–Crippen MR) is 81.5 cm³/mol. The molecule has 0 unspecified atom stereocenters. The molecule has 2 N–H and O–H groups in total. The van der Waals surface area contributed by atoms with Crippen LogP contribution in [0.5, 0.6) is 0 Å². The smallest absolute Gasteiger partial charge is 0.252 e. The molecule has 0 spiro atoms. The van der Waals surface area contributed by atoms with Gasteiger partial charge in [-0.15, -0.1) is 0 Å². The first-order valence-electron chi connectivity index (χ1n) is 6.25. The molecule has 0 bridgehead atoms. The number of hydrogen-bond donors (Lipinski definition) is 2. The van der Waals surface area contributed by atoms with Gasteiger partial charge in [0.2, 0.25) is 5.91 Å². The Kier molecular flexibility index (Phi) is 5.21. The van der Waals surface area contributed by atoms with Gasteiger partial charge in [-0.2, -0.15) is 0 Å². The highest BCUT2D eigenvalue weighted by atomic mass is 79.9. The lowest BCUT2D eigenvalue weighted by Gasteiger charge is -2.09. The third-order valence-electron chi connectivity index (χ3n) is 2.76. The van der Waals surface area contributed by atoms with E-state index in [1.54, 1.807) is 24.3 Å². The standard InChI is InChI=1S/C15H11BrF2N2O2/c16-10-5-2-1-4-9(10)15(22)19-8-13(21)20-14-11(17)6-3-7-12(14)18/h1-7H,8H2,(H,19,22)(H,20,21). The molecule has 0 atom stereocenters.